The number of unbranched alkanes of at least 4 members (excludes halogenated alkanes) is 47. The second-order valence-electron chi connectivity index (χ2n) is 22.0. The maximum atomic E-state index is 12.7. The Morgan fingerprint density at radius 1 is 0.268 bits per heavy atom. The third kappa shape index (κ3) is 58.9. The summed E-state index contributed by atoms with van der Waals surface area (Å²) in [7, 11) is 0. The van der Waals surface area contributed by atoms with Gasteiger partial charge in [-0.25, -0.2) is 0 Å². The molecule has 0 saturated carbocycles. The number of carbonyl (C=O) groups is 3. The van der Waals surface area contributed by atoms with E-state index in [1.165, 1.54) is 263 Å². The molecule has 0 saturated heterocycles. The fourth-order valence-corrected chi connectivity index (χ4v) is 9.91. The summed E-state index contributed by atoms with van der Waals surface area (Å²) in [6, 6.07) is 0. The van der Waals surface area contributed by atoms with E-state index in [1.807, 2.05) is 0 Å². The second-order valence-corrected chi connectivity index (χ2v) is 22.0. The average molecular weight is 1000 g/mol. The van der Waals surface area contributed by atoms with Crippen molar-refractivity contribution in [3.05, 3.63) is 12.2 Å². The minimum atomic E-state index is -0.760. The predicted molar refractivity (Wildman–Crippen MR) is 307 cm³/mol. The number of hydrogen-bond acceptors (Lipinski definition) is 6. The lowest BCUT2D eigenvalue weighted by molar-refractivity contribution is -0.167. The molecule has 0 aliphatic rings. The van der Waals surface area contributed by atoms with Crippen molar-refractivity contribution in [3.63, 3.8) is 0 Å². The third-order valence-corrected chi connectivity index (χ3v) is 14.8. The van der Waals surface area contributed by atoms with Gasteiger partial charge in [0.05, 0.1) is 0 Å². The molecule has 0 amide bonds. The summed E-state index contributed by atoms with van der Waals surface area (Å²) in [5, 5.41) is 0. The molecule has 0 rings (SSSR count). The Hall–Kier alpha value is -1.85. The van der Waals surface area contributed by atoms with Crippen LogP contribution in [0.4, 0.5) is 0 Å². The van der Waals surface area contributed by atoms with Gasteiger partial charge in [-0.3, -0.25) is 14.4 Å². The molecule has 6 heteroatoms. The summed E-state index contributed by atoms with van der Waals surface area (Å²) in [4.78, 5) is 37.8. The van der Waals surface area contributed by atoms with Crippen molar-refractivity contribution < 1.29 is 28.6 Å². The molecule has 6 nitrogen and oxygen atoms in total. The van der Waals surface area contributed by atoms with Crippen LogP contribution in [0.15, 0.2) is 12.2 Å². The Balaban J connectivity index is 3.79. The smallest absolute Gasteiger partial charge is 0.306 e. The zero-order valence-corrected chi connectivity index (χ0v) is 48.3. The highest BCUT2D eigenvalue weighted by atomic mass is 16.6. The van der Waals surface area contributed by atoms with E-state index in [0.717, 1.165) is 64.2 Å². The van der Waals surface area contributed by atoms with Gasteiger partial charge in [0, 0.05) is 19.3 Å². The first kappa shape index (κ1) is 69.2. The van der Waals surface area contributed by atoms with Gasteiger partial charge in [0.25, 0.3) is 0 Å². The molecule has 1 atom stereocenters. The maximum Gasteiger partial charge on any atom is 0.306 e. The first-order chi connectivity index (χ1) is 35.0. The lowest BCUT2D eigenvalue weighted by atomic mass is 10.0. The van der Waals surface area contributed by atoms with Crippen LogP contribution in [0.25, 0.3) is 0 Å². The van der Waals surface area contributed by atoms with Gasteiger partial charge >= 0.3 is 17.9 Å². The quantitative estimate of drug-likeness (QED) is 0.0261. The van der Waals surface area contributed by atoms with Gasteiger partial charge in [-0.15, -0.1) is 0 Å². The van der Waals surface area contributed by atoms with E-state index in [9.17, 15) is 14.4 Å². The zero-order valence-electron chi connectivity index (χ0n) is 48.3. The fraction of sp³-hybridized carbons (Fsp3) is 0.923. The highest BCUT2D eigenvalue weighted by Gasteiger charge is 2.19. The maximum absolute atomic E-state index is 12.7. The van der Waals surface area contributed by atoms with Crippen LogP contribution >= 0.6 is 0 Å². The van der Waals surface area contributed by atoms with E-state index >= 15 is 0 Å². The Morgan fingerprint density at radius 3 is 0.704 bits per heavy atom. The summed E-state index contributed by atoms with van der Waals surface area (Å²) < 4.78 is 16.7. The molecule has 0 aromatic heterocycles. The lowest BCUT2D eigenvalue weighted by Crippen LogP contribution is -2.30. The molecule has 0 bridgehead atoms. The predicted octanol–water partition coefficient (Wildman–Crippen LogP) is 21.7. The van der Waals surface area contributed by atoms with Crippen LogP contribution in [0.5, 0.6) is 0 Å². The lowest BCUT2D eigenvalue weighted by Gasteiger charge is -2.18. The normalized spacial score (nSPS) is 12.0. The monoisotopic (exact) mass is 1000 g/mol. The van der Waals surface area contributed by atoms with Gasteiger partial charge in [-0.05, 0) is 44.9 Å². The highest BCUT2D eigenvalue weighted by Crippen LogP contribution is 2.18. The second kappa shape index (κ2) is 60.7. The summed E-state index contributed by atoms with van der Waals surface area (Å²) in [5.41, 5.74) is 0. The summed E-state index contributed by atoms with van der Waals surface area (Å²) in [5.74, 6) is -0.856. The first-order valence-corrected chi connectivity index (χ1v) is 32.2. The van der Waals surface area contributed by atoms with Crippen molar-refractivity contribution in [3.8, 4) is 0 Å². The van der Waals surface area contributed by atoms with Crippen molar-refractivity contribution in [2.45, 2.75) is 374 Å². The topological polar surface area (TPSA) is 78.9 Å². The molecule has 0 aromatic carbocycles. The molecule has 0 aliphatic heterocycles. The molecule has 0 fully saturated rings. The number of ether oxygens (including phenoxy) is 3. The Morgan fingerprint density at radius 2 is 0.465 bits per heavy atom. The van der Waals surface area contributed by atoms with Crippen LogP contribution in [0.1, 0.15) is 367 Å². The standard InChI is InChI=1S/C65H124O6/c1-4-7-10-13-15-17-19-21-22-23-24-25-26-27-28-29-30-31-32-33-34-35-36-37-38-39-40-41-42-44-45-47-49-52-55-58-64(67)70-61-62(60-69-63(66)57-54-51-12-9-6-3)71-65(68)59-56-53-50-48-46-43-20-18-16-14-11-8-5-2/h23-24,62H,4-22,25-61H2,1-3H3/b24-23-. The first-order valence-electron chi connectivity index (χ1n) is 32.2. The van der Waals surface area contributed by atoms with Gasteiger partial charge in [0.1, 0.15) is 13.2 Å². The third-order valence-electron chi connectivity index (χ3n) is 14.8. The van der Waals surface area contributed by atoms with Crippen LogP contribution in [-0.4, -0.2) is 37.2 Å². The van der Waals surface area contributed by atoms with Crippen molar-refractivity contribution in [1.82, 2.24) is 0 Å². The minimum Gasteiger partial charge on any atom is -0.462 e. The van der Waals surface area contributed by atoms with Gasteiger partial charge < -0.3 is 14.2 Å². The van der Waals surface area contributed by atoms with Crippen molar-refractivity contribution in [2.24, 2.45) is 0 Å². The highest BCUT2D eigenvalue weighted by molar-refractivity contribution is 5.71. The molecule has 1 unspecified atom stereocenters. The zero-order chi connectivity index (χ0) is 51.4. The minimum absolute atomic E-state index is 0.0640. The van der Waals surface area contributed by atoms with Gasteiger partial charge in [0.15, 0.2) is 6.10 Å². The molecular weight excluding hydrogens is 877 g/mol. The summed E-state index contributed by atoms with van der Waals surface area (Å²) >= 11 is 0. The largest absolute Gasteiger partial charge is 0.462 e. The Kier molecular flexibility index (Phi) is 59.1. The van der Waals surface area contributed by atoms with Crippen LogP contribution in [0.3, 0.4) is 0 Å². The van der Waals surface area contributed by atoms with E-state index in [4.69, 9.17) is 14.2 Å². The summed E-state index contributed by atoms with van der Waals surface area (Å²) in [6.45, 7) is 6.61. The van der Waals surface area contributed by atoms with Gasteiger partial charge in [-0.2, -0.15) is 0 Å². The van der Waals surface area contributed by atoms with Gasteiger partial charge in [0.2, 0.25) is 0 Å². The molecule has 0 N–H and O–H groups in total. The van der Waals surface area contributed by atoms with E-state index in [2.05, 4.69) is 32.9 Å². The number of esters is 3. The van der Waals surface area contributed by atoms with E-state index in [0.29, 0.717) is 19.3 Å². The molecule has 0 aromatic rings. The van der Waals surface area contributed by atoms with Crippen LogP contribution < -0.4 is 0 Å². The SMILES string of the molecule is CCCCCCCCCC/C=C\CCCCCCCCCCCCCCCCCCCCCCCCCC(=O)OCC(COC(=O)CCCCCCC)OC(=O)CCCCCCCCCCCCCCC. The molecular formula is C65H124O6. The van der Waals surface area contributed by atoms with E-state index in [1.54, 1.807) is 0 Å². The van der Waals surface area contributed by atoms with Crippen LogP contribution in [0.2, 0.25) is 0 Å². The fourth-order valence-electron chi connectivity index (χ4n) is 9.91. The van der Waals surface area contributed by atoms with E-state index in [-0.39, 0.29) is 31.1 Å². The Labute approximate surface area is 443 Å². The number of carbonyl (C=O) groups excluding carboxylic acids is 3. The van der Waals surface area contributed by atoms with Crippen molar-refractivity contribution >= 4 is 17.9 Å². The van der Waals surface area contributed by atoms with Crippen LogP contribution in [-0.2, 0) is 28.6 Å². The molecule has 0 spiro atoms. The average Bonchev–Trinajstić information content (AvgIpc) is 3.37. The molecule has 0 radical (unpaired) electrons. The van der Waals surface area contributed by atoms with E-state index < -0.39 is 6.10 Å². The summed E-state index contributed by atoms with van der Waals surface area (Å²) in [6.07, 6.45) is 71.6. The van der Waals surface area contributed by atoms with Crippen molar-refractivity contribution in [1.29, 1.82) is 0 Å². The Bertz CT molecular complexity index is 1100. The molecule has 0 aliphatic carbocycles. The van der Waals surface area contributed by atoms with Crippen molar-refractivity contribution in [2.75, 3.05) is 13.2 Å². The molecule has 71 heavy (non-hydrogen) atoms. The number of allylic oxidation sites excluding steroid dienone is 2. The van der Waals surface area contributed by atoms with Gasteiger partial charge in [-0.1, -0.05) is 315 Å². The molecule has 0 heterocycles. The number of rotatable bonds is 60. The van der Waals surface area contributed by atoms with Crippen LogP contribution in [0, 0.1) is 0 Å². The number of hydrogen-bond donors (Lipinski definition) is 0. The molecule has 420 valence electrons.